The number of allylic oxidation sites excluding steroid dienone is 18. The van der Waals surface area contributed by atoms with Crippen molar-refractivity contribution in [1.29, 1.82) is 0 Å². The van der Waals surface area contributed by atoms with E-state index in [1.165, 1.54) is 135 Å². The average Bonchev–Trinajstić information content (AvgIpc) is 3.42. The third-order valence-electron chi connectivity index (χ3n) is 13.1. The molecule has 2 unspecified atom stereocenters. The van der Waals surface area contributed by atoms with Gasteiger partial charge in [0.1, 0.15) is 6.61 Å². The maximum Gasteiger partial charge on any atom is 0.472 e. The second-order valence-electron chi connectivity index (χ2n) is 20.5. The Labute approximate surface area is 473 Å². The van der Waals surface area contributed by atoms with Gasteiger partial charge in [-0.15, -0.1) is 0 Å². The summed E-state index contributed by atoms with van der Waals surface area (Å²) in [7, 11) is -4.40. The molecule has 0 rings (SSSR count). The summed E-state index contributed by atoms with van der Waals surface area (Å²) in [6.45, 7) is 3.63. The Morgan fingerprint density at radius 3 is 1.06 bits per heavy atom. The van der Waals surface area contributed by atoms with Crippen molar-refractivity contribution in [3.63, 3.8) is 0 Å². The Morgan fingerprint density at radius 1 is 0.403 bits per heavy atom. The highest BCUT2D eigenvalue weighted by molar-refractivity contribution is 7.47. The zero-order chi connectivity index (χ0) is 55.9. The van der Waals surface area contributed by atoms with Gasteiger partial charge >= 0.3 is 19.8 Å². The van der Waals surface area contributed by atoms with Crippen LogP contribution in [0.5, 0.6) is 0 Å². The van der Waals surface area contributed by atoms with Crippen LogP contribution in [0.1, 0.15) is 271 Å². The number of phosphoric acid groups is 1. The molecule has 442 valence electrons. The van der Waals surface area contributed by atoms with Crippen LogP contribution >= 0.6 is 7.82 Å². The van der Waals surface area contributed by atoms with E-state index in [4.69, 9.17) is 24.3 Å². The van der Waals surface area contributed by atoms with Crippen LogP contribution in [0, 0.1) is 0 Å². The first-order chi connectivity index (χ1) is 37.8. The number of carbonyl (C=O) groups excluding carboxylic acids is 2. The van der Waals surface area contributed by atoms with Crippen LogP contribution in [-0.4, -0.2) is 49.3 Å². The van der Waals surface area contributed by atoms with Gasteiger partial charge < -0.3 is 20.1 Å². The third-order valence-corrected chi connectivity index (χ3v) is 14.1. The van der Waals surface area contributed by atoms with Crippen LogP contribution in [0.3, 0.4) is 0 Å². The van der Waals surface area contributed by atoms with E-state index in [0.29, 0.717) is 6.42 Å². The molecule has 0 bridgehead atoms. The predicted octanol–water partition coefficient (Wildman–Crippen LogP) is 20.2. The molecule has 0 aliphatic heterocycles. The molecule has 0 radical (unpaired) electrons. The van der Waals surface area contributed by atoms with Crippen LogP contribution in [-0.2, 0) is 32.7 Å². The number of carbonyl (C=O) groups is 2. The van der Waals surface area contributed by atoms with Gasteiger partial charge in [-0.25, -0.2) is 4.57 Å². The number of rotatable bonds is 58. The molecule has 0 aliphatic rings. The number of hydrogen-bond acceptors (Lipinski definition) is 8. The van der Waals surface area contributed by atoms with E-state index in [1.807, 2.05) is 0 Å². The summed E-state index contributed by atoms with van der Waals surface area (Å²) in [5, 5.41) is 0. The first kappa shape index (κ1) is 73.7. The molecule has 0 aromatic carbocycles. The summed E-state index contributed by atoms with van der Waals surface area (Å²) < 4.78 is 33.1. The molecule has 0 aliphatic carbocycles. The number of nitrogens with two attached hydrogens (primary N) is 1. The fourth-order valence-electron chi connectivity index (χ4n) is 8.53. The van der Waals surface area contributed by atoms with Crippen molar-refractivity contribution in [3.8, 4) is 0 Å². The normalized spacial score (nSPS) is 13.8. The Hall–Kier alpha value is -3.33. The molecule has 0 saturated carbocycles. The number of hydrogen-bond donors (Lipinski definition) is 2. The quantitative estimate of drug-likeness (QED) is 0.0264. The average molecular weight is 1090 g/mol. The second kappa shape index (κ2) is 61.9. The van der Waals surface area contributed by atoms with Gasteiger partial charge in [0.15, 0.2) is 6.10 Å². The smallest absolute Gasteiger partial charge is 0.462 e. The zero-order valence-electron chi connectivity index (χ0n) is 49.4. The van der Waals surface area contributed by atoms with Gasteiger partial charge in [-0.1, -0.05) is 264 Å². The molecule has 2 atom stereocenters. The van der Waals surface area contributed by atoms with Gasteiger partial charge in [0.05, 0.1) is 13.2 Å². The topological polar surface area (TPSA) is 134 Å². The molecule has 77 heavy (non-hydrogen) atoms. The monoisotopic (exact) mass is 1090 g/mol. The first-order valence-electron chi connectivity index (χ1n) is 31.4. The lowest BCUT2D eigenvalue weighted by atomic mass is 10.0. The van der Waals surface area contributed by atoms with Crippen LogP contribution in [0.25, 0.3) is 0 Å². The van der Waals surface area contributed by atoms with E-state index in [9.17, 15) is 19.0 Å². The van der Waals surface area contributed by atoms with Crippen molar-refractivity contribution in [2.45, 2.75) is 277 Å². The summed E-state index contributed by atoms with van der Waals surface area (Å²) in [5.41, 5.74) is 5.39. The first-order valence-corrected chi connectivity index (χ1v) is 32.9. The predicted molar refractivity (Wildman–Crippen MR) is 330 cm³/mol. The van der Waals surface area contributed by atoms with Crippen LogP contribution in [0.2, 0.25) is 0 Å². The summed E-state index contributed by atoms with van der Waals surface area (Å²) in [4.78, 5) is 35.3. The number of unbranched alkanes of at least 4 members (excludes halogenated alkanes) is 27. The summed E-state index contributed by atoms with van der Waals surface area (Å²) >= 11 is 0. The molecule has 9 nitrogen and oxygen atoms in total. The minimum absolute atomic E-state index is 0.0488. The Morgan fingerprint density at radius 2 is 0.714 bits per heavy atom. The van der Waals surface area contributed by atoms with Crippen LogP contribution in [0.15, 0.2) is 109 Å². The summed E-state index contributed by atoms with van der Waals surface area (Å²) in [6.07, 6.45) is 84.3. The van der Waals surface area contributed by atoms with Gasteiger partial charge in [0.25, 0.3) is 0 Å². The molecule has 0 amide bonds. The molecule has 0 aromatic heterocycles. The summed E-state index contributed by atoms with van der Waals surface area (Å²) in [5.74, 6) is -0.832. The van der Waals surface area contributed by atoms with Gasteiger partial charge in [0.2, 0.25) is 0 Å². The number of ether oxygens (including phenoxy) is 2. The number of esters is 2. The molecule has 3 N–H and O–H groups in total. The second-order valence-corrected chi connectivity index (χ2v) is 22.0. The van der Waals surface area contributed by atoms with Crippen molar-refractivity contribution in [1.82, 2.24) is 0 Å². The van der Waals surface area contributed by atoms with Crippen LogP contribution in [0.4, 0.5) is 0 Å². The zero-order valence-corrected chi connectivity index (χ0v) is 50.3. The van der Waals surface area contributed by atoms with Crippen molar-refractivity contribution in [2.24, 2.45) is 5.73 Å². The highest BCUT2D eigenvalue weighted by Crippen LogP contribution is 2.43. The number of phosphoric ester groups is 1. The fourth-order valence-corrected chi connectivity index (χ4v) is 9.30. The largest absolute Gasteiger partial charge is 0.472 e. The molecular formula is C67H116NO8P. The summed E-state index contributed by atoms with van der Waals surface area (Å²) in [6, 6.07) is 0. The minimum atomic E-state index is -4.40. The lowest BCUT2D eigenvalue weighted by Crippen LogP contribution is -2.29. The molecule has 0 spiro atoms. The highest BCUT2D eigenvalue weighted by atomic mass is 31.2. The van der Waals surface area contributed by atoms with Gasteiger partial charge in [-0.05, 0) is 103 Å². The molecule has 0 fully saturated rings. The van der Waals surface area contributed by atoms with Crippen LogP contribution < -0.4 is 5.73 Å². The standard InChI is InChI=1S/C67H116NO8P/c1-3-5-7-9-11-13-15-17-19-21-23-25-26-27-28-29-30-31-32-33-34-35-36-37-38-40-42-44-46-48-50-52-54-56-58-60-67(70)76-65(64-75-77(71,72)74-62-61-68)63-73-66(69)59-57-55-53-51-49-47-45-43-41-39-24-22-20-18-16-14-12-10-8-6-4-2/h5,7,11,13,16-19,22-25,27-28,30-31,33-34,65H,3-4,6,8-10,12,14-15,20-21,26,29,32,35-64,68H2,1-2H3,(H,71,72)/b7-5-,13-11-,18-16-,19-17-,24-22-,25-23-,28-27-,31-30-,34-33-. The lowest BCUT2D eigenvalue weighted by Gasteiger charge is -2.19. The SMILES string of the molecule is CC/C=C\C/C=C\C/C=C\C/C=C\C/C=C\C/C=C\C/C=C\CCCCCCCCCCCCCCCC(=O)OC(COC(=O)CCCCCCCCCCC/C=C\C/C=C\CCCCCCC)COP(=O)(O)OCCN. The van der Waals surface area contributed by atoms with Crippen molar-refractivity contribution < 1.29 is 37.6 Å². The van der Waals surface area contributed by atoms with E-state index in [-0.39, 0.29) is 38.6 Å². The maximum atomic E-state index is 12.7. The maximum absolute atomic E-state index is 12.7. The molecule has 0 saturated heterocycles. The molecule has 10 heteroatoms. The Kier molecular flexibility index (Phi) is 59.2. The van der Waals surface area contributed by atoms with E-state index in [2.05, 4.69) is 123 Å². The van der Waals surface area contributed by atoms with E-state index < -0.39 is 26.5 Å². The Bertz CT molecular complexity index is 1630. The van der Waals surface area contributed by atoms with Crippen molar-refractivity contribution >= 4 is 19.8 Å². The fraction of sp³-hybridized carbons (Fsp3) is 0.701. The van der Waals surface area contributed by atoms with E-state index in [1.54, 1.807) is 0 Å². The van der Waals surface area contributed by atoms with Gasteiger partial charge in [-0.3, -0.25) is 18.6 Å². The van der Waals surface area contributed by atoms with E-state index >= 15 is 0 Å². The van der Waals surface area contributed by atoms with Crippen molar-refractivity contribution in [3.05, 3.63) is 109 Å². The lowest BCUT2D eigenvalue weighted by molar-refractivity contribution is -0.161. The Balaban J connectivity index is 3.95. The molecule has 0 heterocycles. The minimum Gasteiger partial charge on any atom is -0.462 e. The third kappa shape index (κ3) is 61.7. The molecular weight excluding hydrogens is 978 g/mol. The van der Waals surface area contributed by atoms with Gasteiger partial charge in [0, 0.05) is 19.4 Å². The van der Waals surface area contributed by atoms with Crippen molar-refractivity contribution in [2.75, 3.05) is 26.4 Å². The van der Waals surface area contributed by atoms with E-state index in [0.717, 1.165) is 103 Å². The molecule has 0 aromatic rings. The van der Waals surface area contributed by atoms with Gasteiger partial charge in [-0.2, -0.15) is 0 Å². The highest BCUT2D eigenvalue weighted by Gasteiger charge is 2.26.